The molecule has 0 unspecified atom stereocenters. The van der Waals surface area contributed by atoms with Crippen molar-refractivity contribution in [2.24, 2.45) is 0 Å². The molecule has 0 aliphatic carbocycles. The van der Waals surface area contributed by atoms with E-state index in [1.807, 2.05) is 49.4 Å². The molecule has 0 saturated heterocycles. The Labute approximate surface area is 189 Å². The molecule has 0 spiro atoms. The fourth-order valence-corrected chi connectivity index (χ4v) is 5.53. The Hall–Kier alpha value is -3.32. The van der Waals surface area contributed by atoms with E-state index >= 15 is 0 Å². The van der Waals surface area contributed by atoms with E-state index < -0.39 is 16.1 Å². The number of carbonyl (C=O) groups is 1. The zero-order chi connectivity index (χ0) is 22.9. The number of para-hydroxylation sites is 2. The molecule has 1 aliphatic rings. The summed E-state index contributed by atoms with van der Waals surface area (Å²) in [4.78, 5) is 15.2. The van der Waals surface area contributed by atoms with Crippen molar-refractivity contribution in [1.29, 1.82) is 0 Å². The van der Waals surface area contributed by atoms with Gasteiger partial charge in [-0.3, -0.25) is 9.10 Å². The van der Waals surface area contributed by atoms with Crippen LogP contribution in [0.4, 0.5) is 11.4 Å². The van der Waals surface area contributed by atoms with Gasteiger partial charge >= 0.3 is 0 Å². The maximum atomic E-state index is 13.5. The molecule has 6 nitrogen and oxygen atoms in total. The third-order valence-corrected chi connectivity index (χ3v) is 6.95. The Kier molecular flexibility index (Phi) is 5.93. The molecule has 3 aromatic carbocycles. The summed E-state index contributed by atoms with van der Waals surface area (Å²) in [6.07, 6.45) is 1.70. The van der Waals surface area contributed by atoms with Gasteiger partial charge in [0.25, 0.3) is 5.91 Å². The maximum absolute atomic E-state index is 13.5. The maximum Gasteiger partial charge on any atom is 0.258 e. The van der Waals surface area contributed by atoms with E-state index in [0.717, 1.165) is 11.3 Å². The van der Waals surface area contributed by atoms with E-state index in [1.54, 1.807) is 48.4 Å². The summed E-state index contributed by atoms with van der Waals surface area (Å²) in [5.41, 5.74) is 2.69. The van der Waals surface area contributed by atoms with Crippen LogP contribution in [0.1, 0.15) is 35.3 Å². The van der Waals surface area contributed by atoms with Crippen molar-refractivity contribution in [2.75, 3.05) is 22.6 Å². The molecule has 32 heavy (non-hydrogen) atoms. The third kappa shape index (κ3) is 4.08. The van der Waals surface area contributed by atoms with Crippen molar-refractivity contribution in [3.8, 4) is 5.75 Å². The Bertz CT molecular complexity index is 1210. The van der Waals surface area contributed by atoms with E-state index in [4.69, 9.17) is 4.74 Å². The van der Waals surface area contributed by atoms with Crippen LogP contribution in [0.25, 0.3) is 0 Å². The Morgan fingerprint density at radius 3 is 2.22 bits per heavy atom. The van der Waals surface area contributed by atoms with Crippen LogP contribution in [0.3, 0.4) is 0 Å². The van der Waals surface area contributed by atoms with Gasteiger partial charge in [0.15, 0.2) is 0 Å². The molecule has 0 aromatic heterocycles. The number of ether oxygens (including phenoxy) is 1. The quantitative estimate of drug-likeness (QED) is 0.568. The van der Waals surface area contributed by atoms with Crippen molar-refractivity contribution in [2.45, 2.75) is 25.4 Å². The zero-order valence-electron chi connectivity index (χ0n) is 18.3. The lowest BCUT2D eigenvalue weighted by molar-refractivity contribution is 0.0974. The highest BCUT2D eigenvalue weighted by Crippen LogP contribution is 2.43. The summed E-state index contributed by atoms with van der Waals surface area (Å²) in [5, 5.41) is 0. The zero-order valence-corrected chi connectivity index (χ0v) is 19.1. The smallest absolute Gasteiger partial charge is 0.258 e. The van der Waals surface area contributed by atoms with Crippen LogP contribution < -0.4 is 13.9 Å². The summed E-state index contributed by atoms with van der Waals surface area (Å²) in [6.45, 7) is 1.95. The van der Waals surface area contributed by atoms with Gasteiger partial charge in [0.05, 0.1) is 25.1 Å². The summed E-state index contributed by atoms with van der Waals surface area (Å²) < 4.78 is 32.4. The number of nitrogens with zero attached hydrogens (tertiary/aromatic N) is 2. The number of anilines is 2. The molecular formula is C25H26N2O4S. The Morgan fingerprint density at radius 2 is 1.59 bits per heavy atom. The van der Waals surface area contributed by atoms with E-state index in [1.165, 1.54) is 10.6 Å². The Balaban J connectivity index is 1.79. The predicted molar refractivity (Wildman–Crippen MR) is 127 cm³/mol. The topological polar surface area (TPSA) is 66.9 Å². The van der Waals surface area contributed by atoms with Crippen molar-refractivity contribution in [3.63, 3.8) is 0 Å². The average molecular weight is 451 g/mol. The van der Waals surface area contributed by atoms with Crippen LogP contribution in [0.5, 0.6) is 5.75 Å². The molecule has 4 rings (SSSR count). The number of sulfonamides is 1. The highest BCUT2D eigenvalue weighted by atomic mass is 32.2. The second-order valence-electron chi connectivity index (χ2n) is 7.96. The number of rotatable bonds is 5. The van der Waals surface area contributed by atoms with Crippen molar-refractivity contribution >= 4 is 27.3 Å². The number of methoxy groups -OCH3 is 1. The van der Waals surface area contributed by atoms with Crippen LogP contribution in [0, 0.1) is 0 Å². The molecule has 0 saturated carbocycles. The lowest BCUT2D eigenvalue weighted by atomic mass is 9.90. The minimum absolute atomic E-state index is 0.128. The third-order valence-electron chi connectivity index (χ3n) is 5.77. The first-order valence-electron chi connectivity index (χ1n) is 10.4. The molecule has 1 aliphatic heterocycles. The van der Waals surface area contributed by atoms with Gasteiger partial charge in [0.2, 0.25) is 10.0 Å². The van der Waals surface area contributed by atoms with E-state index in [-0.39, 0.29) is 11.9 Å². The second kappa shape index (κ2) is 8.67. The summed E-state index contributed by atoms with van der Waals surface area (Å²) in [6, 6.07) is 23.0. The van der Waals surface area contributed by atoms with Crippen LogP contribution in [-0.4, -0.2) is 33.7 Å². The van der Waals surface area contributed by atoms with E-state index in [0.29, 0.717) is 23.4 Å². The minimum Gasteiger partial charge on any atom is -0.497 e. The van der Waals surface area contributed by atoms with Crippen LogP contribution in [0.15, 0.2) is 78.9 Å². The first kappa shape index (κ1) is 21.9. The fraction of sp³-hybridized carbons (Fsp3) is 0.240. The van der Waals surface area contributed by atoms with Gasteiger partial charge in [-0.15, -0.1) is 0 Å². The number of carbonyl (C=O) groups excluding carboxylic acids is 1. The highest BCUT2D eigenvalue weighted by Gasteiger charge is 2.39. The molecule has 2 atom stereocenters. The monoisotopic (exact) mass is 450 g/mol. The number of amides is 1. The number of fused-ring (bicyclic) bond motifs is 1. The van der Waals surface area contributed by atoms with Gasteiger partial charge in [-0.2, -0.15) is 0 Å². The van der Waals surface area contributed by atoms with Crippen LogP contribution in [0.2, 0.25) is 0 Å². The summed E-state index contributed by atoms with van der Waals surface area (Å²) in [5.74, 6) is 0.553. The standard InChI is InChI=1S/C25H26N2O4S/c1-18-17-24(27(32(3,29)30)20-9-5-4-6-10-20)22-11-7-8-12-23(22)26(18)25(28)19-13-15-21(31-2)16-14-19/h4-16,18,24H,17H2,1-3H3/t18-,24-/m1/s1. The van der Waals surface area contributed by atoms with Crippen molar-refractivity contribution in [1.82, 2.24) is 0 Å². The molecule has 0 radical (unpaired) electrons. The largest absolute Gasteiger partial charge is 0.497 e. The Morgan fingerprint density at radius 1 is 0.969 bits per heavy atom. The first-order chi connectivity index (χ1) is 15.3. The van der Waals surface area contributed by atoms with Crippen LogP contribution in [-0.2, 0) is 10.0 Å². The van der Waals surface area contributed by atoms with Gasteiger partial charge in [-0.25, -0.2) is 8.42 Å². The van der Waals surface area contributed by atoms with Gasteiger partial charge in [-0.05, 0) is 61.4 Å². The SMILES string of the molecule is COc1ccc(C(=O)N2c3ccccc3[C@H](N(c3ccccc3)S(C)(=O)=O)C[C@H]2C)cc1. The molecule has 3 aromatic rings. The fourth-order valence-electron chi connectivity index (χ4n) is 4.36. The molecule has 166 valence electrons. The molecule has 0 fully saturated rings. The lowest BCUT2D eigenvalue weighted by Gasteiger charge is -2.43. The van der Waals surface area contributed by atoms with Gasteiger partial charge in [0.1, 0.15) is 5.75 Å². The normalized spacial score (nSPS) is 18.0. The molecular weight excluding hydrogens is 424 g/mol. The lowest BCUT2D eigenvalue weighted by Crippen LogP contribution is -2.47. The average Bonchev–Trinajstić information content (AvgIpc) is 2.79. The van der Waals surface area contributed by atoms with E-state index in [9.17, 15) is 13.2 Å². The summed E-state index contributed by atoms with van der Waals surface area (Å²) >= 11 is 0. The number of benzene rings is 3. The molecule has 7 heteroatoms. The van der Waals surface area contributed by atoms with Crippen molar-refractivity contribution in [3.05, 3.63) is 90.0 Å². The number of hydrogen-bond acceptors (Lipinski definition) is 4. The van der Waals surface area contributed by atoms with Crippen LogP contribution >= 0.6 is 0 Å². The number of hydrogen-bond donors (Lipinski definition) is 0. The highest BCUT2D eigenvalue weighted by molar-refractivity contribution is 7.92. The second-order valence-corrected chi connectivity index (χ2v) is 9.82. The minimum atomic E-state index is -3.57. The molecule has 0 bridgehead atoms. The van der Waals surface area contributed by atoms with Crippen molar-refractivity contribution < 1.29 is 17.9 Å². The van der Waals surface area contributed by atoms with Gasteiger partial charge in [0, 0.05) is 17.3 Å². The summed E-state index contributed by atoms with van der Waals surface area (Å²) in [7, 11) is -1.98. The molecule has 0 N–H and O–H groups in total. The first-order valence-corrected chi connectivity index (χ1v) is 12.3. The predicted octanol–water partition coefficient (Wildman–Crippen LogP) is 4.64. The molecule has 1 amide bonds. The molecule has 1 heterocycles. The van der Waals surface area contributed by atoms with Gasteiger partial charge in [-0.1, -0.05) is 36.4 Å². The van der Waals surface area contributed by atoms with E-state index in [2.05, 4.69) is 0 Å². The van der Waals surface area contributed by atoms with Gasteiger partial charge < -0.3 is 9.64 Å².